The molecule has 3 rings (SSSR count). The number of hydrogen-bond acceptors (Lipinski definition) is 7. The lowest BCUT2D eigenvalue weighted by molar-refractivity contribution is -0.384. The van der Waals surface area contributed by atoms with Gasteiger partial charge in [-0.15, -0.1) is 10.2 Å². The summed E-state index contributed by atoms with van der Waals surface area (Å²) in [6.45, 7) is 2.60. The molecular formula is C18H18N6O3S. The normalized spacial score (nSPS) is 10.6. The average molecular weight is 398 g/mol. The second-order valence-electron chi connectivity index (χ2n) is 5.82. The van der Waals surface area contributed by atoms with Crippen molar-refractivity contribution in [2.24, 2.45) is 0 Å². The number of nitrogens with zero attached hydrogens (tertiary/aromatic N) is 4. The highest BCUT2D eigenvalue weighted by Gasteiger charge is 2.15. The standard InChI is InChI=1S/C18H18N6O3S/c1-2-23-17(12-5-3-6-13(19)9-12)21-22-18(23)28-11-16(25)20-14-7-4-8-15(10-14)24(26)27/h3-10H,2,11,19H2,1H3,(H,20,25). The largest absolute Gasteiger partial charge is 0.399 e. The van der Waals surface area contributed by atoms with Crippen LogP contribution in [0.2, 0.25) is 0 Å². The fourth-order valence-electron chi connectivity index (χ4n) is 2.60. The van der Waals surface area contributed by atoms with Gasteiger partial charge in [-0.1, -0.05) is 30.0 Å². The number of carbonyl (C=O) groups excluding carboxylic acids is 1. The summed E-state index contributed by atoms with van der Waals surface area (Å²) in [6.07, 6.45) is 0. The van der Waals surface area contributed by atoms with E-state index in [9.17, 15) is 14.9 Å². The van der Waals surface area contributed by atoms with Crippen LogP contribution < -0.4 is 11.1 Å². The molecule has 1 heterocycles. The van der Waals surface area contributed by atoms with E-state index in [1.807, 2.05) is 29.7 Å². The number of aromatic nitrogens is 3. The van der Waals surface area contributed by atoms with Crippen molar-refractivity contribution in [2.75, 3.05) is 16.8 Å². The molecule has 0 aliphatic carbocycles. The SMILES string of the molecule is CCn1c(SCC(=O)Nc2cccc([N+](=O)[O-])c2)nnc1-c1cccc(N)c1. The number of rotatable bonds is 7. The van der Waals surface area contributed by atoms with Gasteiger partial charge < -0.3 is 15.6 Å². The van der Waals surface area contributed by atoms with Gasteiger partial charge in [0.2, 0.25) is 5.91 Å². The van der Waals surface area contributed by atoms with E-state index in [4.69, 9.17) is 5.73 Å². The molecule has 10 heteroatoms. The van der Waals surface area contributed by atoms with Crippen LogP contribution in [0.1, 0.15) is 6.92 Å². The minimum atomic E-state index is -0.508. The number of nitro groups is 1. The van der Waals surface area contributed by atoms with Crippen molar-refractivity contribution in [1.82, 2.24) is 14.8 Å². The molecule has 3 N–H and O–H groups in total. The molecule has 144 valence electrons. The van der Waals surface area contributed by atoms with Gasteiger partial charge in [0.15, 0.2) is 11.0 Å². The number of anilines is 2. The zero-order valence-corrected chi connectivity index (χ0v) is 15.8. The molecule has 0 radical (unpaired) electrons. The number of thioether (sulfide) groups is 1. The minimum absolute atomic E-state index is 0.0806. The maximum Gasteiger partial charge on any atom is 0.271 e. The Balaban J connectivity index is 1.68. The Kier molecular flexibility index (Phi) is 5.90. The molecule has 2 aromatic carbocycles. The molecule has 1 aromatic heterocycles. The molecular weight excluding hydrogens is 380 g/mol. The molecule has 28 heavy (non-hydrogen) atoms. The summed E-state index contributed by atoms with van der Waals surface area (Å²) in [5.74, 6) is 0.482. The van der Waals surface area contributed by atoms with E-state index in [-0.39, 0.29) is 17.3 Å². The number of nitro benzene ring substituents is 1. The molecule has 1 amide bonds. The third-order valence-corrected chi connectivity index (χ3v) is 4.82. The van der Waals surface area contributed by atoms with Crippen molar-refractivity contribution < 1.29 is 9.72 Å². The zero-order valence-electron chi connectivity index (χ0n) is 15.0. The topological polar surface area (TPSA) is 129 Å². The number of nitrogen functional groups attached to an aromatic ring is 1. The Morgan fingerprint density at radius 2 is 2.04 bits per heavy atom. The van der Waals surface area contributed by atoms with Gasteiger partial charge in [0, 0.05) is 35.6 Å². The molecule has 0 saturated carbocycles. The Morgan fingerprint density at radius 3 is 2.75 bits per heavy atom. The highest BCUT2D eigenvalue weighted by atomic mass is 32.2. The van der Waals surface area contributed by atoms with Crippen LogP contribution in [0.3, 0.4) is 0 Å². The summed E-state index contributed by atoms with van der Waals surface area (Å²) >= 11 is 1.24. The van der Waals surface area contributed by atoms with E-state index >= 15 is 0 Å². The molecule has 3 aromatic rings. The van der Waals surface area contributed by atoms with Gasteiger partial charge in [-0.2, -0.15) is 0 Å². The lowest BCUT2D eigenvalue weighted by Crippen LogP contribution is -2.14. The van der Waals surface area contributed by atoms with Crippen LogP contribution in [0.25, 0.3) is 11.4 Å². The quantitative estimate of drug-likeness (QED) is 0.271. The van der Waals surface area contributed by atoms with Crippen LogP contribution in [-0.4, -0.2) is 31.3 Å². The van der Waals surface area contributed by atoms with E-state index < -0.39 is 4.92 Å². The predicted octanol–water partition coefficient (Wildman–Crippen LogP) is 3.19. The second kappa shape index (κ2) is 8.53. The van der Waals surface area contributed by atoms with Gasteiger partial charge in [-0.3, -0.25) is 14.9 Å². The van der Waals surface area contributed by atoms with Crippen molar-refractivity contribution in [3.05, 3.63) is 58.6 Å². The van der Waals surface area contributed by atoms with Gasteiger partial charge in [-0.05, 0) is 25.1 Å². The molecule has 0 bridgehead atoms. The van der Waals surface area contributed by atoms with Crippen molar-refractivity contribution in [1.29, 1.82) is 0 Å². The van der Waals surface area contributed by atoms with Crippen LogP contribution >= 0.6 is 11.8 Å². The van der Waals surface area contributed by atoms with Crippen molar-refractivity contribution in [3.8, 4) is 11.4 Å². The smallest absolute Gasteiger partial charge is 0.271 e. The van der Waals surface area contributed by atoms with Gasteiger partial charge in [0.05, 0.1) is 10.7 Å². The Hall–Kier alpha value is -3.40. The third-order valence-electron chi connectivity index (χ3n) is 3.85. The van der Waals surface area contributed by atoms with Gasteiger partial charge >= 0.3 is 0 Å². The summed E-state index contributed by atoms with van der Waals surface area (Å²) in [5.41, 5.74) is 7.61. The van der Waals surface area contributed by atoms with E-state index in [0.29, 0.717) is 28.9 Å². The fourth-order valence-corrected chi connectivity index (χ4v) is 3.40. The highest BCUT2D eigenvalue weighted by Crippen LogP contribution is 2.25. The van der Waals surface area contributed by atoms with Crippen molar-refractivity contribution in [3.63, 3.8) is 0 Å². The summed E-state index contributed by atoms with van der Waals surface area (Å²) in [5, 5.41) is 22.5. The van der Waals surface area contributed by atoms with Gasteiger partial charge in [0.1, 0.15) is 0 Å². The third kappa shape index (κ3) is 4.46. The second-order valence-corrected chi connectivity index (χ2v) is 6.76. The van der Waals surface area contributed by atoms with Gasteiger partial charge in [-0.25, -0.2) is 0 Å². The van der Waals surface area contributed by atoms with E-state index in [1.165, 1.54) is 30.0 Å². The average Bonchev–Trinajstić information content (AvgIpc) is 3.09. The van der Waals surface area contributed by atoms with E-state index in [0.717, 1.165) is 5.56 Å². The number of amides is 1. The fraction of sp³-hybridized carbons (Fsp3) is 0.167. The number of non-ortho nitro benzene ring substituents is 1. The lowest BCUT2D eigenvalue weighted by Gasteiger charge is -2.08. The maximum atomic E-state index is 12.2. The summed E-state index contributed by atoms with van der Waals surface area (Å²) in [6, 6.07) is 13.2. The van der Waals surface area contributed by atoms with Crippen LogP contribution in [-0.2, 0) is 11.3 Å². The van der Waals surface area contributed by atoms with Crippen LogP contribution in [0, 0.1) is 10.1 Å². The molecule has 0 saturated heterocycles. The first-order valence-electron chi connectivity index (χ1n) is 8.44. The number of nitrogens with one attached hydrogen (secondary N) is 1. The van der Waals surface area contributed by atoms with Crippen molar-refractivity contribution in [2.45, 2.75) is 18.6 Å². The number of nitrogens with two attached hydrogens (primary N) is 1. The van der Waals surface area contributed by atoms with Crippen molar-refractivity contribution >= 4 is 34.7 Å². The first kappa shape index (κ1) is 19.4. The first-order chi connectivity index (χ1) is 13.5. The summed E-state index contributed by atoms with van der Waals surface area (Å²) in [4.78, 5) is 22.5. The number of benzene rings is 2. The number of hydrogen-bond donors (Lipinski definition) is 2. The number of carbonyl (C=O) groups is 1. The molecule has 0 spiro atoms. The molecule has 0 aliphatic rings. The molecule has 0 fully saturated rings. The zero-order chi connectivity index (χ0) is 20.1. The van der Waals surface area contributed by atoms with Crippen LogP contribution in [0.5, 0.6) is 0 Å². The molecule has 0 unspecified atom stereocenters. The Morgan fingerprint density at radius 1 is 1.25 bits per heavy atom. The minimum Gasteiger partial charge on any atom is -0.399 e. The Labute approximate surface area is 165 Å². The van der Waals surface area contributed by atoms with E-state index in [1.54, 1.807) is 12.1 Å². The summed E-state index contributed by atoms with van der Waals surface area (Å²) in [7, 11) is 0. The first-order valence-corrected chi connectivity index (χ1v) is 9.42. The van der Waals surface area contributed by atoms with Gasteiger partial charge in [0.25, 0.3) is 5.69 Å². The Bertz CT molecular complexity index is 1020. The molecule has 0 atom stereocenters. The molecule has 0 aliphatic heterocycles. The maximum absolute atomic E-state index is 12.2. The van der Waals surface area contributed by atoms with E-state index in [2.05, 4.69) is 15.5 Å². The summed E-state index contributed by atoms with van der Waals surface area (Å²) < 4.78 is 1.90. The highest BCUT2D eigenvalue weighted by molar-refractivity contribution is 7.99. The predicted molar refractivity (Wildman–Crippen MR) is 108 cm³/mol. The van der Waals surface area contributed by atoms with Crippen LogP contribution in [0.4, 0.5) is 17.1 Å². The monoisotopic (exact) mass is 398 g/mol. The van der Waals surface area contributed by atoms with Crippen LogP contribution in [0.15, 0.2) is 53.7 Å². The molecule has 9 nitrogen and oxygen atoms in total. The lowest BCUT2D eigenvalue weighted by atomic mass is 10.2.